The van der Waals surface area contributed by atoms with E-state index in [4.69, 9.17) is 5.14 Å². The van der Waals surface area contributed by atoms with E-state index < -0.39 is 11.0 Å². The van der Waals surface area contributed by atoms with Crippen molar-refractivity contribution in [1.82, 2.24) is 0 Å². The Labute approximate surface area is 77.8 Å². The lowest BCUT2D eigenvalue weighted by Crippen LogP contribution is -2.33. The second kappa shape index (κ2) is 5.49. The van der Waals surface area contributed by atoms with Crippen molar-refractivity contribution >= 4 is 11.0 Å². The summed E-state index contributed by atoms with van der Waals surface area (Å²) in [4.78, 5) is 0. The predicted molar refractivity (Wildman–Crippen MR) is 54.9 cm³/mol. The number of hydrogen-bond donors (Lipinski definition) is 1. The molecule has 3 atom stereocenters. The average Bonchev–Trinajstić information content (AvgIpc) is 1.85. The molecule has 12 heavy (non-hydrogen) atoms. The quantitative estimate of drug-likeness (QED) is 0.659. The van der Waals surface area contributed by atoms with Crippen LogP contribution < -0.4 is 5.14 Å². The van der Waals surface area contributed by atoms with E-state index >= 15 is 0 Å². The Hall–Kier alpha value is -0.150. The van der Waals surface area contributed by atoms with Gasteiger partial charge in [0, 0.05) is 0 Å². The van der Waals surface area contributed by atoms with Crippen molar-refractivity contribution in [1.29, 1.82) is 0 Å². The molecule has 0 saturated heterocycles. The predicted octanol–water partition coefficient (Wildman–Crippen LogP) is 1.85. The standard InChI is InChI=1S/C9H19NOS/c1-5-6-8(4)9(7(2)3)12(10)11/h5,7-9H,1,6,10H2,2-4H3. The van der Waals surface area contributed by atoms with Crippen LogP contribution in [0, 0.1) is 11.8 Å². The number of hydrogen-bond acceptors (Lipinski definition) is 1. The third kappa shape index (κ3) is 3.50. The summed E-state index contributed by atoms with van der Waals surface area (Å²) in [5.74, 6) is 0.721. The number of rotatable bonds is 5. The van der Waals surface area contributed by atoms with Crippen LogP contribution in [0.25, 0.3) is 0 Å². The maximum atomic E-state index is 11.2. The molecule has 0 rings (SSSR count). The second-order valence-electron chi connectivity index (χ2n) is 3.54. The summed E-state index contributed by atoms with van der Waals surface area (Å²) in [6.45, 7) is 9.83. The molecule has 3 unspecified atom stereocenters. The lowest BCUT2D eigenvalue weighted by molar-refractivity contribution is 0.448. The van der Waals surface area contributed by atoms with Crippen LogP contribution in [0.15, 0.2) is 12.7 Å². The zero-order valence-electron chi connectivity index (χ0n) is 8.12. The van der Waals surface area contributed by atoms with Crippen molar-refractivity contribution in [3.8, 4) is 0 Å². The molecule has 0 aromatic heterocycles. The summed E-state index contributed by atoms with van der Waals surface area (Å²) in [5.41, 5.74) is 0. The first-order valence-electron chi connectivity index (χ1n) is 4.26. The minimum Gasteiger partial charge on any atom is -0.252 e. The molecule has 0 spiro atoms. The van der Waals surface area contributed by atoms with Gasteiger partial charge in [0.25, 0.3) is 0 Å². The lowest BCUT2D eigenvalue weighted by Gasteiger charge is -2.23. The summed E-state index contributed by atoms with van der Waals surface area (Å²) in [5, 5.41) is 5.49. The van der Waals surface area contributed by atoms with Gasteiger partial charge in [0.05, 0.1) is 16.2 Å². The van der Waals surface area contributed by atoms with Crippen LogP contribution in [0.1, 0.15) is 27.2 Å². The second-order valence-corrected chi connectivity index (χ2v) is 4.74. The van der Waals surface area contributed by atoms with E-state index in [1.807, 2.05) is 6.08 Å². The van der Waals surface area contributed by atoms with Crippen LogP contribution in [0.4, 0.5) is 0 Å². The smallest absolute Gasteiger partial charge is 0.0925 e. The van der Waals surface area contributed by atoms with Crippen LogP contribution in [-0.4, -0.2) is 9.46 Å². The molecule has 0 aliphatic carbocycles. The van der Waals surface area contributed by atoms with Gasteiger partial charge in [-0.2, -0.15) is 0 Å². The largest absolute Gasteiger partial charge is 0.252 e. The van der Waals surface area contributed by atoms with Gasteiger partial charge in [0.1, 0.15) is 0 Å². The van der Waals surface area contributed by atoms with Gasteiger partial charge in [-0.1, -0.05) is 26.8 Å². The van der Waals surface area contributed by atoms with Gasteiger partial charge >= 0.3 is 0 Å². The Morgan fingerprint density at radius 2 is 2.00 bits per heavy atom. The topological polar surface area (TPSA) is 43.1 Å². The molecular weight excluding hydrogens is 170 g/mol. The van der Waals surface area contributed by atoms with Gasteiger partial charge in [0.15, 0.2) is 0 Å². The fraction of sp³-hybridized carbons (Fsp3) is 0.778. The Morgan fingerprint density at radius 1 is 1.50 bits per heavy atom. The highest BCUT2D eigenvalue weighted by atomic mass is 32.2. The molecule has 0 radical (unpaired) electrons. The highest BCUT2D eigenvalue weighted by molar-refractivity contribution is 7.83. The summed E-state index contributed by atoms with van der Waals surface area (Å²) in [6.07, 6.45) is 2.73. The lowest BCUT2D eigenvalue weighted by atomic mass is 9.95. The molecule has 2 nitrogen and oxygen atoms in total. The summed E-state index contributed by atoms with van der Waals surface area (Å²) >= 11 is 0. The minimum absolute atomic E-state index is 0.0861. The average molecular weight is 189 g/mol. The third-order valence-corrected chi connectivity index (χ3v) is 3.57. The Kier molecular flexibility index (Phi) is 5.42. The van der Waals surface area contributed by atoms with E-state index in [1.54, 1.807) is 0 Å². The van der Waals surface area contributed by atoms with Crippen molar-refractivity contribution in [2.24, 2.45) is 17.0 Å². The monoisotopic (exact) mass is 189 g/mol. The highest BCUT2D eigenvalue weighted by Gasteiger charge is 2.23. The van der Waals surface area contributed by atoms with Crippen molar-refractivity contribution in [3.05, 3.63) is 12.7 Å². The molecular formula is C9H19NOS. The SMILES string of the molecule is C=CCC(C)C(C(C)C)S(N)=O. The number of allylic oxidation sites excluding steroid dienone is 1. The summed E-state index contributed by atoms with van der Waals surface area (Å²) < 4.78 is 11.2. The zero-order valence-corrected chi connectivity index (χ0v) is 8.93. The van der Waals surface area contributed by atoms with Gasteiger partial charge in [0.2, 0.25) is 0 Å². The molecule has 0 heterocycles. The van der Waals surface area contributed by atoms with Crippen molar-refractivity contribution in [3.63, 3.8) is 0 Å². The fourth-order valence-corrected chi connectivity index (χ4v) is 2.66. The van der Waals surface area contributed by atoms with Gasteiger partial charge in [-0.25, -0.2) is 4.21 Å². The van der Waals surface area contributed by atoms with Gasteiger partial charge < -0.3 is 0 Å². The van der Waals surface area contributed by atoms with Crippen molar-refractivity contribution in [2.75, 3.05) is 0 Å². The molecule has 72 valence electrons. The molecule has 0 aromatic carbocycles. The maximum absolute atomic E-state index is 11.2. The first-order valence-corrected chi connectivity index (χ1v) is 5.54. The van der Waals surface area contributed by atoms with Crippen LogP contribution in [-0.2, 0) is 11.0 Å². The maximum Gasteiger partial charge on any atom is 0.0925 e. The fourth-order valence-electron chi connectivity index (χ4n) is 1.55. The van der Waals surface area contributed by atoms with Crippen LogP contribution >= 0.6 is 0 Å². The molecule has 0 saturated carbocycles. The summed E-state index contributed by atoms with van der Waals surface area (Å²) in [6, 6.07) is 0. The molecule has 3 heteroatoms. The molecule has 0 fully saturated rings. The van der Waals surface area contributed by atoms with E-state index in [9.17, 15) is 4.21 Å². The van der Waals surface area contributed by atoms with Crippen LogP contribution in [0.3, 0.4) is 0 Å². The van der Waals surface area contributed by atoms with E-state index in [-0.39, 0.29) is 5.25 Å². The number of nitrogens with two attached hydrogens (primary N) is 1. The van der Waals surface area contributed by atoms with Gasteiger partial charge in [-0.15, -0.1) is 6.58 Å². The molecule has 0 aliphatic heterocycles. The van der Waals surface area contributed by atoms with Crippen molar-refractivity contribution in [2.45, 2.75) is 32.4 Å². The molecule has 0 bridgehead atoms. The third-order valence-electron chi connectivity index (χ3n) is 2.02. The Balaban J connectivity index is 4.28. The Bertz CT molecular complexity index is 168. The zero-order chi connectivity index (χ0) is 9.72. The van der Waals surface area contributed by atoms with Crippen LogP contribution in [0.5, 0.6) is 0 Å². The van der Waals surface area contributed by atoms with E-state index in [0.717, 1.165) is 6.42 Å². The molecule has 0 aliphatic rings. The van der Waals surface area contributed by atoms with E-state index in [0.29, 0.717) is 11.8 Å². The van der Waals surface area contributed by atoms with Gasteiger partial charge in [-0.3, -0.25) is 5.14 Å². The first-order chi connectivity index (χ1) is 5.50. The van der Waals surface area contributed by atoms with Gasteiger partial charge in [-0.05, 0) is 18.3 Å². The van der Waals surface area contributed by atoms with E-state index in [1.165, 1.54) is 0 Å². The normalized spacial score (nSPS) is 18.8. The first kappa shape index (κ1) is 11.8. The van der Waals surface area contributed by atoms with Crippen LogP contribution in [0.2, 0.25) is 0 Å². The molecule has 2 N–H and O–H groups in total. The van der Waals surface area contributed by atoms with E-state index in [2.05, 4.69) is 27.4 Å². The molecule has 0 aromatic rings. The van der Waals surface area contributed by atoms with Crippen molar-refractivity contribution < 1.29 is 4.21 Å². The molecule has 0 amide bonds. The minimum atomic E-state index is -1.21. The summed E-state index contributed by atoms with van der Waals surface area (Å²) in [7, 11) is -1.21. The highest BCUT2D eigenvalue weighted by Crippen LogP contribution is 2.19. The Morgan fingerprint density at radius 3 is 2.25 bits per heavy atom.